The predicted molar refractivity (Wildman–Crippen MR) is 122 cm³/mol. The van der Waals surface area contributed by atoms with Crippen molar-refractivity contribution in [3.63, 3.8) is 0 Å². The zero-order valence-electron chi connectivity index (χ0n) is 17.8. The third-order valence-corrected chi connectivity index (χ3v) is 4.49. The first kappa shape index (κ1) is 23.9. The van der Waals surface area contributed by atoms with Gasteiger partial charge in [-0.3, -0.25) is 19.1 Å². The Bertz CT molecular complexity index is 1080. The Morgan fingerprint density at radius 1 is 0.871 bits per heavy atom. The fourth-order valence-corrected chi connectivity index (χ4v) is 3.30. The number of carbonyl (C=O) groups excluding carboxylic acids is 3. The summed E-state index contributed by atoms with van der Waals surface area (Å²) < 4.78 is 25.6. The summed E-state index contributed by atoms with van der Waals surface area (Å²) in [7, 11) is -3.63. The van der Waals surface area contributed by atoms with Gasteiger partial charge in [0.25, 0.3) is 5.91 Å². The summed E-state index contributed by atoms with van der Waals surface area (Å²) in [6.45, 7) is 5.22. The van der Waals surface area contributed by atoms with Gasteiger partial charge in [-0.25, -0.2) is 8.42 Å². The molecule has 0 spiro atoms. The molecule has 4 N–H and O–H groups in total. The van der Waals surface area contributed by atoms with E-state index < -0.39 is 15.9 Å². The molecule has 0 saturated heterocycles. The average Bonchev–Trinajstić information content (AvgIpc) is 2.62. The average molecular weight is 447 g/mol. The van der Waals surface area contributed by atoms with E-state index >= 15 is 0 Å². The summed E-state index contributed by atoms with van der Waals surface area (Å²) in [6, 6.07) is 10.8. The Balaban J connectivity index is 2.21. The lowest BCUT2D eigenvalue weighted by Crippen LogP contribution is -2.18. The highest BCUT2D eigenvalue weighted by Crippen LogP contribution is 2.24. The molecule has 0 atom stereocenters. The normalized spacial score (nSPS) is 11.0. The molecule has 0 aliphatic heterocycles. The number of nitrogens with one attached hydrogen (secondary N) is 4. The smallest absolute Gasteiger partial charge is 0.257 e. The van der Waals surface area contributed by atoms with E-state index in [4.69, 9.17) is 0 Å². The van der Waals surface area contributed by atoms with Crippen molar-refractivity contribution < 1.29 is 22.8 Å². The van der Waals surface area contributed by atoms with Crippen molar-refractivity contribution in [2.24, 2.45) is 5.92 Å². The zero-order valence-corrected chi connectivity index (χ0v) is 18.6. The first-order valence-corrected chi connectivity index (χ1v) is 11.4. The van der Waals surface area contributed by atoms with E-state index in [2.05, 4.69) is 20.7 Å². The van der Waals surface area contributed by atoms with E-state index in [0.717, 1.165) is 6.26 Å². The highest BCUT2D eigenvalue weighted by molar-refractivity contribution is 7.92. The Labute approximate surface area is 181 Å². The largest absolute Gasteiger partial charge is 0.326 e. The highest BCUT2D eigenvalue weighted by Gasteiger charge is 2.16. The van der Waals surface area contributed by atoms with Crippen molar-refractivity contribution in [1.82, 2.24) is 0 Å². The predicted octanol–water partition coefficient (Wildman–Crippen LogP) is 3.25. The topological polar surface area (TPSA) is 133 Å². The second-order valence-electron chi connectivity index (χ2n) is 7.49. The molecule has 2 aromatic carbocycles. The van der Waals surface area contributed by atoms with Crippen molar-refractivity contribution in [2.75, 3.05) is 26.9 Å². The van der Waals surface area contributed by atoms with Gasteiger partial charge in [0.2, 0.25) is 21.8 Å². The van der Waals surface area contributed by atoms with Crippen LogP contribution in [0.3, 0.4) is 0 Å². The van der Waals surface area contributed by atoms with Gasteiger partial charge >= 0.3 is 0 Å². The molecule has 10 heteroatoms. The summed E-state index contributed by atoms with van der Waals surface area (Å²) in [5.74, 6) is -0.764. The lowest BCUT2D eigenvalue weighted by atomic mass is 10.1. The molecular formula is C21H26N4O5S. The van der Waals surface area contributed by atoms with Crippen LogP contribution < -0.4 is 20.7 Å². The molecule has 2 aromatic rings. The maximum atomic E-state index is 12.8. The summed E-state index contributed by atoms with van der Waals surface area (Å²) in [4.78, 5) is 36.0. The van der Waals surface area contributed by atoms with Crippen LogP contribution in [-0.2, 0) is 19.6 Å². The molecule has 0 aliphatic carbocycles. The molecule has 0 radical (unpaired) electrons. The Kier molecular flexibility index (Phi) is 7.76. The minimum Gasteiger partial charge on any atom is -0.326 e. The number of carbonyl (C=O) groups is 3. The molecule has 0 fully saturated rings. The minimum atomic E-state index is -3.63. The maximum Gasteiger partial charge on any atom is 0.257 e. The van der Waals surface area contributed by atoms with Gasteiger partial charge in [-0.05, 0) is 48.4 Å². The van der Waals surface area contributed by atoms with Crippen molar-refractivity contribution in [3.05, 3.63) is 48.0 Å². The highest BCUT2D eigenvalue weighted by atomic mass is 32.2. The molecule has 2 rings (SSSR count). The maximum absolute atomic E-state index is 12.8. The van der Waals surface area contributed by atoms with Crippen LogP contribution in [0, 0.1) is 5.92 Å². The van der Waals surface area contributed by atoms with Crippen LogP contribution in [0.5, 0.6) is 0 Å². The molecule has 0 heterocycles. The second kappa shape index (κ2) is 10.1. The van der Waals surface area contributed by atoms with Crippen LogP contribution in [0.1, 0.15) is 37.6 Å². The van der Waals surface area contributed by atoms with Crippen molar-refractivity contribution in [3.8, 4) is 0 Å². The van der Waals surface area contributed by atoms with Crippen molar-refractivity contribution in [1.29, 1.82) is 0 Å². The van der Waals surface area contributed by atoms with E-state index in [1.54, 1.807) is 24.3 Å². The third-order valence-electron chi connectivity index (χ3n) is 3.90. The second-order valence-corrected chi connectivity index (χ2v) is 9.24. The van der Waals surface area contributed by atoms with Gasteiger partial charge in [0.15, 0.2) is 0 Å². The monoisotopic (exact) mass is 446 g/mol. The molecule has 0 aliphatic rings. The standard InChI is InChI=1S/C21H26N4O5S/c1-13(2)11-20(27)23-15-5-7-16(8-6-15)24-21(28)18-12-17(22-14(3)26)9-10-19(18)25-31(4,29)30/h5-10,12-13,25H,11H2,1-4H3,(H,22,26)(H,23,27)(H,24,28). The van der Waals surface area contributed by atoms with E-state index in [1.807, 2.05) is 13.8 Å². The molecule has 0 bridgehead atoms. The van der Waals surface area contributed by atoms with Gasteiger partial charge in [-0.1, -0.05) is 13.8 Å². The Morgan fingerprint density at radius 2 is 1.42 bits per heavy atom. The van der Waals surface area contributed by atoms with Gasteiger partial charge in [0.1, 0.15) is 0 Å². The van der Waals surface area contributed by atoms with Crippen LogP contribution >= 0.6 is 0 Å². The van der Waals surface area contributed by atoms with Crippen molar-refractivity contribution >= 4 is 50.5 Å². The summed E-state index contributed by atoms with van der Waals surface area (Å²) in [5, 5.41) is 8.01. The fourth-order valence-electron chi connectivity index (χ4n) is 2.72. The van der Waals surface area contributed by atoms with Gasteiger partial charge in [-0.15, -0.1) is 0 Å². The number of sulfonamides is 1. The van der Waals surface area contributed by atoms with Gasteiger partial charge < -0.3 is 16.0 Å². The third kappa shape index (κ3) is 8.09. The molecule has 9 nitrogen and oxygen atoms in total. The first-order valence-electron chi connectivity index (χ1n) is 9.53. The molecule has 3 amide bonds. The zero-order chi connectivity index (χ0) is 23.2. The molecular weight excluding hydrogens is 420 g/mol. The number of benzene rings is 2. The molecule has 166 valence electrons. The summed E-state index contributed by atoms with van der Waals surface area (Å²) in [6.07, 6.45) is 1.38. The van der Waals surface area contributed by atoms with E-state index in [0.29, 0.717) is 23.5 Å². The van der Waals surface area contributed by atoms with Crippen LogP contribution in [-0.4, -0.2) is 32.4 Å². The Hall–Kier alpha value is -3.40. The number of anilines is 4. The number of hydrogen-bond acceptors (Lipinski definition) is 5. The lowest BCUT2D eigenvalue weighted by molar-refractivity contribution is -0.117. The van der Waals surface area contributed by atoms with Gasteiger partial charge in [0.05, 0.1) is 17.5 Å². The molecule has 0 aromatic heterocycles. The first-order chi connectivity index (χ1) is 14.4. The van der Waals surface area contributed by atoms with Crippen LogP contribution in [0.25, 0.3) is 0 Å². The SMILES string of the molecule is CC(=O)Nc1ccc(NS(C)(=O)=O)c(C(=O)Nc2ccc(NC(=O)CC(C)C)cc2)c1. The number of hydrogen-bond donors (Lipinski definition) is 4. The van der Waals surface area contributed by atoms with E-state index in [-0.39, 0.29) is 29.0 Å². The van der Waals surface area contributed by atoms with Gasteiger partial charge in [-0.2, -0.15) is 0 Å². The van der Waals surface area contributed by atoms with E-state index in [1.165, 1.54) is 25.1 Å². The van der Waals surface area contributed by atoms with Crippen molar-refractivity contribution in [2.45, 2.75) is 27.2 Å². The Morgan fingerprint density at radius 3 is 1.94 bits per heavy atom. The van der Waals surface area contributed by atoms with E-state index in [9.17, 15) is 22.8 Å². The minimum absolute atomic E-state index is 0.0333. The molecule has 31 heavy (non-hydrogen) atoms. The van der Waals surface area contributed by atoms with Gasteiger partial charge in [0, 0.05) is 30.4 Å². The fraction of sp³-hybridized carbons (Fsp3) is 0.286. The summed E-state index contributed by atoms with van der Waals surface area (Å²) in [5.41, 5.74) is 1.50. The number of rotatable bonds is 8. The van der Waals surface area contributed by atoms with Crippen LogP contribution in [0.15, 0.2) is 42.5 Å². The molecule has 0 unspecified atom stereocenters. The number of amides is 3. The molecule has 0 saturated carbocycles. The lowest BCUT2D eigenvalue weighted by Gasteiger charge is -2.14. The van der Waals surface area contributed by atoms with Crippen LogP contribution in [0.2, 0.25) is 0 Å². The van der Waals surface area contributed by atoms with Crippen LogP contribution in [0.4, 0.5) is 22.7 Å². The quantitative estimate of drug-likeness (QED) is 0.494. The summed E-state index contributed by atoms with van der Waals surface area (Å²) >= 11 is 0.